The molecule has 1 saturated heterocycles. The molecule has 3 rings (SSSR count). The van der Waals surface area contributed by atoms with Crippen LogP contribution in [0.25, 0.3) is 11.5 Å². The first-order valence-electron chi connectivity index (χ1n) is 6.06. The van der Waals surface area contributed by atoms with Crippen LogP contribution in [0, 0.1) is 6.92 Å². The molecule has 0 bridgehead atoms. The highest BCUT2D eigenvalue weighted by atomic mass is 16.3. The van der Waals surface area contributed by atoms with Gasteiger partial charge in [0.05, 0.1) is 5.69 Å². The maximum absolute atomic E-state index is 5.56. The zero-order valence-electron chi connectivity index (χ0n) is 9.94. The minimum Gasteiger partial charge on any atom is -0.444 e. The number of benzene rings is 1. The summed E-state index contributed by atoms with van der Waals surface area (Å²) in [6.45, 7) is 4.17. The van der Waals surface area contributed by atoms with Crippen molar-refractivity contribution in [3.63, 3.8) is 0 Å². The van der Waals surface area contributed by atoms with E-state index in [0.717, 1.165) is 36.7 Å². The van der Waals surface area contributed by atoms with Crippen LogP contribution in [0.5, 0.6) is 0 Å². The van der Waals surface area contributed by atoms with Crippen molar-refractivity contribution >= 4 is 0 Å². The van der Waals surface area contributed by atoms with E-state index in [1.54, 1.807) is 6.26 Å². The van der Waals surface area contributed by atoms with Crippen LogP contribution in [0.3, 0.4) is 0 Å². The number of nitrogens with one attached hydrogen (secondary N) is 1. The summed E-state index contributed by atoms with van der Waals surface area (Å²) in [6.07, 6.45) is 2.95. The quantitative estimate of drug-likeness (QED) is 0.858. The van der Waals surface area contributed by atoms with Crippen LogP contribution >= 0.6 is 0 Å². The van der Waals surface area contributed by atoms with Gasteiger partial charge in [0.1, 0.15) is 6.26 Å². The van der Waals surface area contributed by atoms with Crippen molar-refractivity contribution in [3.8, 4) is 11.5 Å². The lowest BCUT2D eigenvalue weighted by Crippen LogP contribution is -2.08. The molecule has 0 saturated carbocycles. The second-order valence-electron chi connectivity index (χ2n) is 4.63. The normalized spacial score (nSPS) is 19.7. The van der Waals surface area contributed by atoms with Gasteiger partial charge in [0.25, 0.3) is 0 Å². The maximum atomic E-state index is 5.56. The summed E-state index contributed by atoms with van der Waals surface area (Å²) in [7, 11) is 0. The highest BCUT2D eigenvalue weighted by Crippen LogP contribution is 2.25. The Morgan fingerprint density at radius 3 is 2.82 bits per heavy atom. The second-order valence-corrected chi connectivity index (χ2v) is 4.63. The van der Waals surface area contributed by atoms with Crippen molar-refractivity contribution in [3.05, 3.63) is 41.8 Å². The number of aryl methyl sites for hydroxylation is 1. The predicted octanol–water partition coefficient (Wildman–Crippen LogP) is 2.73. The minimum atomic E-state index is 0.512. The fourth-order valence-electron chi connectivity index (χ4n) is 2.21. The highest BCUT2D eigenvalue weighted by molar-refractivity contribution is 5.53. The number of rotatable bonds is 2. The molecule has 17 heavy (non-hydrogen) atoms. The number of hydrogen-bond donors (Lipinski definition) is 1. The Morgan fingerprint density at radius 2 is 2.12 bits per heavy atom. The van der Waals surface area contributed by atoms with E-state index in [-0.39, 0.29) is 0 Å². The first-order chi connectivity index (χ1) is 8.33. The van der Waals surface area contributed by atoms with Gasteiger partial charge < -0.3 is 9.73 Å². The Bertz CT molecular complexity index is 495. The van der Waals surface area contributed by atoms with Gasteiger partial charge in [0, 0.05) is 18.0 Å². The van der Waals surface area contributed by atoms with E-state index in [9.17, 15) is 0 Å². The summed E-state index contributed by atoms with van der Waals surface area (Å²) >= 11 is 0. The summed E-state index contributed by atoms with van der Waals surface area (Å²) < 4.78 is 5.56. The molecule has 3 heteroatoms. The van der Waals surface area contributed by atoms with Crippen molar-refractivity contribution in [1.29, 1.82) is 0 Å². The molecule has 1 aromatic heterocycles. The molecular weight excluding hydrogens is 212 g/mol. The Balaban J connectivity index is 1.86. The largest absolute Gasteiger partial charge is 0.444 e. The van der Waals surface area contributed by atoms with Crippen molar-refractivity contribution in [1.82, 2.24) is 10.3 Å². The van der Waals surface area contributed by atoms with Gasteiger partial charge in [0.15, 0.2) is 0 Å². The lowest BCUT2D eigenvalue weighted by atomic mass is 10.1. The molecule has 1 aliphatic heterocycles. The average molecular weight is 228 g/mol. The van der Waals surface area contributed by atoms with Gasteiger partial charge in [0.2, 0.25) is 5.89 Å². The molecule has 3 nitrogen and oxygen atoms in total. The van der Waals surface area contributed by atoms with Crippen LogP contribution in [0.2, 0.25) is 0 Å². The van der Waals surface area contributed by atoms with E-state index in [4.69, 9.17) is 4.42 Å². The fraction of sp³-hybridized carbons (Fsp3) is 0.357. The van der Waals surface area contributed by atoms with Gasteiger partial charge in [-0.3, -0.25) is 0 Å². The van der Waals surface area contributed by atoms with Gasteiger partial charge in [-0.25, -0.2) is 4.98 Å². The molecule has 0 spiro atoms. The third-order valence-corrected chi connectivity index (χ3v) is 3.30. The van der Waals surface area contributed by atoms with E-state index in [2.05, 4.69) is 41.5 Å². The molecule has 0 radical (unpaired) electrons. The van der Waals surface area contributed by atoms with Gasteiger partial charge in [-0.1, -0.05) is 17.7 Å². The smallest absolute Gasteiger partial charge is 0.226 e. The predicted molar refractivity (Wildman–Crippen MR) is 66.9 cm³/mol. The van der Waals surface area contributed by atoms with E-state index < -0.39 is 0 Å². The van der Waals surface area contributed by atoms with Crippen molar-refractivity contribution in [2.24, 2.45) is 0 Å². The first-order valence-corrected chi connectivity index (χ1v) is 6.06. The third-order valence-electron chi connectivity index (χ3n) is 3.30. The zero-order chi connectivity index (χ0) is 11.7. The molecule has 1 aromatic carbocycles. The van der Waals surface area contributed by atoms with Crippen LogP contribution in [0.15, 0.2) is 34.9 Å². The number of aromatic nitrogens is 1. The molecule has 1 N–H and O–H groups in total. The Morgan fingerprint density at radius 1 is 1.29 bits per heavy atom. The summed E-state index contributed by atoms with van der Waals surface area (Å²) in [5.74, 6) is 1.24. The summed E-state index contributed by atoms with van der Waals surface area (Å²) in [6, 6.07) is 8.27. The fourth-order valence-corrected chi connectivity index (χ4v) is 2.21. The number of nitrogens with zero attached hydrogens (tertiary/aromatic N) is 1. The molecule has 0 amide bonds. The SMILES string of the molecule is Cc1ccc(-c2nc(C3CCNC3)co2)cc1. The molecule has 1 aliphatic rings. The lowest BCUT2D eigenvalue weighted by molar-refractivity contribution is 0.570. The van der Waals surface area contributed by atoms with Crippen molar-refractivity contribution < 1.29 is 4.42 Å². The van der Waals surface area contributed by atoms with Gasteiger partial charge in [-0.05, 0) is 32.0 Å². The van der Waals surface area contributed by atoms with E-state index >= 15 is 0 Å². The molecule has 2 aromatic rings. The average Bonchev–Trinajstić information content (AvgIpc) is 3.00. The third kappa shape index (κ3) is 2.11. The summed E-state index contributed by atoms with van der Waals surface area (Å²) in [5, 5.41) is 3.35. The van der Waals surface area contributed by atoms with Crippen LogP contribution in [0.1, 0.15) is 23.6 Å². The molecule has 1 atom stereocenters. The van der Waals surface area contributed by atoms with E-state index in [1.807, 2.05) is 0 Å². The lowest BCUT2D eigenvalue weighted by Gasteiger charge is -2.01. The number of oxazole rings is 1. The van der Waals surface area contributed by atoms with Crippen LogP contribution in [0.4, 0.5) is 0 Å². The van der Waals surface area contributed by atoms with Crippen LogP contribution in [-0.2, 0) is 0 Å². The van der Waals surface area contributed by atoms with E-state index in [0.29, 0.717) is 5.92 Å². The molecule has 88 valence electrons. The van der Waals surface area contributed by atoms with Gasteiger partial charge >= 0.3 is 0 Å². The minimum absolute atomic E-state index is 0.512. The summed E-state index contributed by atoms with van der Waals surface area (Å²) in [4.78, 5) is 4.59. The molecule has 2 heterocycles. The first kappa shape index (κ1) is 10.5. The Kier molecular flexibility index (Phi) is 2.69. The van der Waals surface area contributed by atoms with Gasteiger partial charge in [-0.2, -0.15) is 0 Å². The van der Waals surface area contributed by atoms with Crippen LogP contribution in [-0.4, -0.2) is 18.1 Å². The zero-order valence-corrected chi connectivity index (χ0v) is 9.94. The molecular formula is C14H16N2O. The van der Waals surface area contributed by atoms with E-state index in [1.165, 1.54) is 5.56 Å². The monoisotopic (exact) mass is 228 g/mol. The summed E-state index contributed by atoms with van der Waals surface area (Å²) in [5.41, 5.74) is 3.37. The van der Waals surface area contributed by atoms with Gasteiger partial charge in [-0.15, -0.1) is 0 Å². The topological polar surface area (TPSA) is 38.1 Å². The second kappa shape index (κ2) is 4.34. The standard InChI is InChI=1S/C14H16N2O/c1-10-2-4-11(5-3-10)14-16-13(9-17-14)12-6-7-15-8-12/h2-5,9,12,15H,6-8H2,1H3. The Hall–Kier alpha value is -1.61. The van der Waals surface area contributed by atoms with Crippen molar-refractivity contribution in [2.75, 3.05) is 13.1 Å². The highest BCUT2D eigenvalue weighted by Gasteiger charge is 2.20. The van der Waals surface area contributed by atoms with Crippen LogP contribution < -0.4 is 5.32 Å². The number of hydrogen-bond acceptors (Lipinski definition) is 3. The Labute approximate surface area is 101 Å². The van der Waals surface area contributed by atoms with Crippen molar-refractivity contribution in [2.45, 2.75) is 19.3 Å². The molecule has 1 unspecified atom stereocenters. The molecule has 0 aliphatic carbocycles. The maximum Gasteiger partial charge on any atom is 0.226 e. The molecule has 1 fully saturated rings.